The Kier molecular flexibility index (Phi) is 6.00. The summed E-state index contributed by atoms with van der Waals surface area (Å²) < 4.78 is 11.6. The van der Waals surface area contributed by atoms with Gasteiger partial charge in [-0.15, -0.1) is 6.58 Å². The van der Waals surface area contributed by atoms with E-state index in [-0.39, 0.29) is 30.5 Å². The van der Waals surface area contributed by atoms with Gasteiger partial charge in [0.05, 0.1) is 11.5 Å². The van der Waals surface area contributed by atoms with E-state index in [1.807, 2.05) is 44.2 Å². The molecule has 3 aliphatic carbocycles. The second-order valence-corrected chi connectivity index (χ2v) is 8.29. The summed E-state index contributed by atoms with van der Waals surface area (Å²) in [7, 11) is 0. The lowest BCUT2D eigenvalue weighted by Gasteiger charge is -2.50. The first-order valence-corrected chi connectivity index (χ1v) is 10.2. The van der Waals surface area contributed by atoms with Crippen molar-refractivity contribution in [1.29, 1.82) is 0 Å². The van der Waals surface area contributed by atoms with Crippen LogP contribution in [-0.4, -0.2) is 12.1 Å². The van der Waals surface area contributed by atoms with Crippen LogP contribution in [0, 0.1) is 17.3 Å². The molecule has 1 fully saturated rings. The average Bonchev–Trinajstić information content (AvgIpc) is 2.84. The van der Waals surface area contributed by atoms with Crippen LogP contribution >= 0.6 is 11.6 Å². The normalized spacial score (nSPS) is 27.0. The number of hydrogen-bond acceptors (Lipinski definition) is 3. The number of esters is 1. The van der Waals surface area contributed by atoms with Crippen LogP contribution < -0.4 is 4.74 Å². The van der Waals surface area contributed by atoms with Crippen molar-refractivity contribution < 1.29 is 14.3 Å². The first kappa shape index (κ1) is 20.0. The van der Waals surface area contributed by atoms with Gasteiger partial charge in [0.1, 0.15) is 12.4 Å². The molecule has 3 aliphatic rings. The predicted molar refractivity (Wildman–Crippen MR) is 109 cm³/mol. The number of ether oxygens (including phenoxy) is 2. The molecule has 3 nitrogen and oxygen atoms in total. The van der Waals surface area contributed by atoms with Crippen molar-refractivity contribution in [2.45, 2.75) is 59.2 Å². The van der Waals surface area contributed by atoms with Gasteiger partial charge in [0.2, 0.25) is 0 Å². The number of allylic oxidation sites excluding steroid dienone is 3. The van der Waals surface area contributed by atoms with Crippen LogP contribution in [-0.2, 0) is 16.1 Å². The Morgan fingerprint density at radius 1 is 1.41 bits per heavy atom. The van der Waals surface area contributed by atoms with Crippen LogP contribution in [0.3, 0.4) is 0 Å². The summed E-state index contributed by atoms with van der Waals surface area (Å²) >= 11 is 6.62. The number of carbonyl (C=O) groups excluding carboxylic acids is 1. The fourth-order valence-corrected chi connectivity index (χ4v) is 4.93. The molecule has 4 rings (SSSR count). The molecular formula is C23H29ClO3. The van der Waals surface area contributed by atoms with Gasteiger partial charge >= 0.3 is 5.97 Å². The zero-order chi connectivity index (χ0) is 19.6. The van der Waals surface area contributed by atoms with E-state index < -0.39 is 5.41 Å². The smallest absolute Gasteiger partial charge is 0.313 e. The molecule has 3 unspecified atom stereocenters. The Balaban J connectivity index is 1.73. The molecule has 0 spiro atoms. The largest absolute Gasteiger partial charge is 0.491 e. The summed E-state index contributed by atoms with van der Waals surface area (Å²) in [4.78, 5) is 13.1. The van der Waals surface area contributed by atoms with E-state index in [4.69, 9.17) is 21.1 Å². The maximum absolute atomic E-state index is 13.1. The third-order valence-electron chi connectivity index (χ3n) is 5.97. The van der Waals surface area contributed by atoms with E-state index in [0.717, 1.165) is 42.0 Å². The van der Waals surface area contributed by atoms with Crippen molar-refractivity contribution in [1.82, 2.24) is 0 Å². The van der Waals surface area contributed by atoms with Crippen molar-refractivity contribution in [3.05, 3.63) is 53.1 Å². The monoisotopic (exact) mass is 388 g/mol. The molecular weight excluding hydrogens is 360 g/mol. The fourth-order valence-electron chi connectivity index (χ4n) is 4.49. The molecule has 0 saturated heterocycles. The second-order valence-electron chi connectivity index (χ2n) is 7.88. The number of fused-ring (bicyclic) bond motifs is 2. The molecule has 1 aromatic rings. The maximum Gasteiger partial charge on any atom is 0.313 e. The van der Waals surface area contributed by atoms with Crippen LogP contribution in [0.4, 0.5) is 0 Å². The van der Waals surface area contributed by atoms with E-state index in [9.17, 15) is 4.79 Å². The van der Waals surface area contributed by atoms with Crippen molar-refractivity contribution in [2.75, 3.05) is 0 Å². The standard InChI is InChI=1S/C23H29ClO3/c1-5-16-11-12-23(13-18(21(16)24)19(23)6-2)22(25)26-14-17-9-7-8-10-20(17)27-15(3)4/h6-10,15,18-19H,2,5,11-14H2,1,3-4H3. The molecule has 2 bridgehead atoms. The summed E-state index contributed by atoms with van der Waals surface area (Å²) in [5.41, 5.74) is 1.68. The molecule has 1 aromatic carbocycles. The first-order chi connectivity index (χ1) is 12.9. The first-order valence-electron chi connectivity index (χ1n) is 9.84. The van der Waals surface area contributed by atoms with Crippen LogP contribution in [0.1, 0.15) is 52.0 Å². The highest BCUT2D eigenvalue weighted by atomic mass is 35.5. The third-order valence-corrected chi connectivity index (χ3v) is 6.52. The van der Waals surface area contributed by atoms with Gasteiger partial charge in [-0.2, -0.15) is 0 Å². The minimum atomic E-state index is -0.489. The van der Waals surface area contributed by atoms with Crippen LogP contribution in [0.25, 0.3) is 0 Å². The molecule has 27 heavy (non-hydrogen) atoms. The molecule has 0 amide bonds. The van der Waals surface area contributed by atoms with E-state index in [1.54, 1.807) is 0 Å². The second kappa shape index (κ2) is 8.10. The number of benzene rings is 1. The lowest BCUT2D eigenvalue weighted by atomic mass is 9.53. The zero-order valence-corrected chi connectivity index (χ0v) is 17.2. The lowest BCUT2D eigenvalue weighted by Crippen LogP contribution is -2.52. The topological polar surface area (TPSA) is 35.5 Å². The molecule has 146 valence electrons. The highest BCUT2D eigenvalue weighted by Crippen LogP contribution is 2.62. The molecule has 0 aliphatic heterocycles. The number of hydrogen-bond donors (Lipinski definition) is 0. The van der Waals surface area contributed by atoms with E-state index in [0.29, 0.717) is 0 Å². The molecule has 4 heteroatoms. The van der Waals surface area contributed by atoms with Crippen LogP contribution in [0.5, 0.6) is 5.75 Å². The number of halogens is 1. The van der Waals surface area contributed by atoms with Gasteiger partial charge in [0, 0.05) is 22.4 Å². The van der Waals surface area contributed by atoms with E-state index in [2.05, 4.69) is 13.5 Å². The lowest BCUT2D eigenvalue weighted by molar-refractivity contribution is -0.171. The van der Waals surface area contributed by atoms with Crippen molar-refractivity contribution >= 4 is 17.6 Å². The average molecular weight is 389 g/mol. The third kappa shape index (κ3) is 3.67. The van der Waals surface area contributed by atoms with Gasteiger partial charge in [-0.05, 0) is 45.6 Å². The van der Waals surface area contributed by atoms with Crippen LogP contribution in [0.2, 0.25) is 0 Å². The van der Waals surface area contributed by atoms with Crippen molar-refractivity contribution in [3.63, 3.8) is 0 Å². The Labute approximate surface area is 167 Å². The summed E-state index contributed by atoms with van der Waals surface area (Å²) in [6.45, 7) is 10.3. The highest BCUT2D eigenvalue weighted by Gasteiger charge is 2.60. The highest BCUT2D eigenvalue weighted by molar-refractivity contribution is 6.30. The van der Waals surface area contributed by atoms with Gasteiger partial charge in [-0.3, -0.25) is 4.79 Å². The molecule has 3 atom stereocenters. The van der Waals surface area contributed by atoms with Crippen molar-refractivity contribution in [3.8, 4) is 5.75 Å². The van der Waals surface area contributed by atoms with Gasteiger partial charge < -0.3 is 9.47 Å². The maximum atomic E-state index is 13.1. The zero-order valence-electron chi connectivity index (χ0n) is 16.5. The van der Waals surface area contributed by atoms with E-state index in [1.165, 1.54) is 5.57 Å². The minimum Gasteiger partial charge on any atom is -0.491 e. The summed E-state index contributed by atoms with van der Waals surface area (Å²) in [6, 6.07) is 7.72. The van der Waals surface area contributed by atoms with Gasteiger partial charge in [-0.1, -0.05) is 48.4 Å². The molecule has 0 aromatic heterocycles. The SMILES string of the molecule is C=CC1C2CC1(C(=O)OCc1ccccc1OC(C)C)CCC(CC)=C2Cl. The Bertz CT molecular complexity index is 752. The van der Waals surface area contributed by atoms with Gasteiger partial charge in [0.25, 0.3) is 0 Å². The molecule has 0 radical (unpaired) electrons. The summed E-state index contributed by atoms with van der Waals surface area (Å²) in [5, 5.41) is 0.944. The molecule has 0 N–H and O–H groups in total. The molecule has 0 heterocycles. The summed E-state index contributed by atoms with van der Waals surface area (Å²) in [5.74, 6) is 0.905. The Hall–Kier alpha value is -1.74. The van der Waals surface area contributed by atoms with Crippen LogP contribution in [0.15, 0.2) is 47.5 Å². The minimum absolute atomic E-state index is 0.0590. The number of rotatable bonds is 7. The Morgan fingerprint density at radius 3 is 2.81 bits per heavy atom. The molecule has 1 saturated carbocycles. The van der Waals surface area contributed by atoms with Gasteiger partial charge in [0.15, 0.2) is 0 Å². The number of carbonyl (C=O) groups is 1. The summed E-state index contributed by atoms with van der Waals surface area (Å²) in [6.07, 6.45) is 5.30. The quantitative estimate of drug-likeness (QED) is 0.423. The van der Waals surface area contributed by atoms with Crippen molar-refractivity contribution in [2.24, 2.45) is 17.3 Å². The Morgan fingerprint density at radius 2 is 2.15 bits per heavy atom. The fraction of sp³-hybridized carbons (Fsp3) is 0.522. The van der Waals surface area contributed by atoms with E-state index >= 15 is 0 Å². The number of para-hydroxylation sites is 1. The predicted octanol–water partition coefficient (Wildman–Crippen LogP) is 6.02. The van der Waals surface area contributed by atoms with Gasteiger partial charge in [-0.25, -0.2) is 0 Å².